The van der Waals surface area contributed by atoms with Gasteiger partial charge in [-0.25, -0.2) is 9.59 Å². The van der Waals surface area contributed by atoms with Crippen LogP contribution >= 0.6 is 0 Å². The van der Waals surface area contributed by atoms with Gasteiger partial charge in [-0.15, -0.1) is 0 Å². The van der Waals surface area contributed by atoms with E-state index in [1.165, 1.54) is 79.2 Å². The lowest BCUT2D eigenvalue weighted by Gasteiger charge is -2.29. The van der Waals surface area contributed by atoms with E-state index in [1.54, 1.807) is 13.8 Å². The number of aliphatic hydroxyl groups excluding tert-OH is 1. The second-order valence-electron chi connectivity index (χ2n) is 13.2. The van der Waals surface area contributed by atoms with Crippen molar-refractivity contribution >= 4 is 11.9 Å². The van der Waals surface area contributed by atoms with Gasteiger partial charge in [0.25, 0.3) is 0 Å². The van der Waals surface area contributed by atoms with Gasteiger partial charge in [0.05, 0.1) is 19.3 Å². The minimum absolute atomic E-state index is 0.104. The van der Waals surface area contributed by atoms with E-state index < -0.39 is 18.0 Å². The summed E-state index contributed by atoms with van der Waals surface area (Å²) in [5, 5.41) is 9.56. The third kappa shape index (κ3) is 11.9. The van der Waals surface area contributed by atoms with Crippen LogP contribution in [0.1, 0.15) is 115 Å². The number of aliphatic hydroxyl groups is 1. The number of benzene rings is 2. The monoisotopic (exact) mass is 616 g/mol. The zero-order valence-corrected chi connectivity index (χ0v) is 28.2. The number of rotatable bonds is 18. The molecule has 5 heteroatoms. The van der Waals surface area contributed by atoms with Crippen molar-refractivity contribution in [3.63, 3.8) is 0 Å². The molecule has 0 spiro atoms. The molecule has 0 heterocycles. The first-order valence-corrected chi connectivity index (χ1v) is 17.2. The standard InChI is InChI=1S/C40H56O5/c1-7-9-10-11-31-14-17-35(18-15-31)36-19-21-37(22-20-36)38-23-16-32(25-34(38)8-2)12-13-33(26-44-39(42)28(3)4)27-45-40(43)29(5)24-30(6)41/h16,19-23,25,30-31,33,35,41H,3,5,7-15,17-18,24,26-27H2,1-2,4,6H3. The molecule has 0 aliphatic heterocycles. The number of carbonyl (C=O) groups is 2. The predicted octanol–water partition coefficient (Wildman–Crippen LogP) is 9.31. The Balaban J connectivity index is 1.61. The summed E-state index contributed by atoms with van der Waals surface area (Å²) in [5.41, 5.74) is 7.06. The Bertz CT molecular complexity index is 1250. The summed E-state index contributed by atoms with van der Waals surface area (Å²) >= 11 is 0. The van der Waals surface area contributed by atoms with E-state index in [4.69, 9.17) is 9.47 Å². The average Bonchev–Trinajstić information content (AvgIpc) is 3.04. The lowest BCUT2D eigenvalue weighted by molar-refractivity contribution is -0.144. The molecular weight excluding hydrogens is 560 g/mol. The lowest BCUT2D eigenvalue weighted by Crippen LogP contribution is -2.23. The molecule has 1 N–H and O–H groups in total. The van der Waals surface area contributed by atoms with Crippen molar-refractivity contribution < 1.29 is 24.2 Å². The first-order chi connectivity index (χ1) is 21.6. The molecule has 246 valence electrons. The number of hydrogen-bond donors (Lipinski definition) is 1. The molecule has 1 aliphatic carbocycles. The van der Waals surface area contributed by atoms with Crippen molar-refractivity contribution in [1.29, 1.82) is 0 Å². The second kappa shape index (κ2) is 18.7. The highest BCUT2D eigenvalue weighted by molar-refractivity contribution is 5.88. The lowest BCUT2D eigenvalue weighted by atomic mass is 9.77. The third-order valence-electron chi connectivity index (χ3n) is 9.23. The van der Waals surface area contributed by atoms with Crippen LogP contribution in [0.4, 0.5) is 0 Å². The molecule has 1 aliphatic rings. The molecular formula is C40H56O5. The fraction of sp³-hybridized carbons (Fsp3) is 0.550. The van der Waals surface area contributed by atoms with Gasteiger partial charge in [0.15, 0.2) is 0 Å². The molecule has 1 fully saturated rings. The maximum Gasteiger partial charge on any atom is 0.333 e. The number of aryl methyl sites for hydroxylation is 2. The van der Waals surface area contributed by atoms with Crippen molar-refractivity contribution in [3.8, 4) is 11.1 Å². The van der Waals surface area contributed by atoms with Crippen LogP contribution in [0, 0.1) is 11.8 Å². The van der Waals surface area contributed by atoms with Crippen LogP contribution in [-0.4, -0.2) is 36.4 Å². The van der Waals surface area contributed by atoms with Crippen LogP contribution in [0.2, 0.25) is 0 Å². The SMILES string of the molecule is C=C(C)C(=O)OCC(CCc1ccc(-c2ccc(C3CCC(CCCCC)CC3)cc2)c(CC)c1)COC(=O)C(=C)CC(C)O. The maximum atomic E-state index is 12.4. The Hall–Kier alpha value is -3.18. The van der Waals surface area contributed by atoms with E-state index in [0.29, 0.717) is 17.9 Å². The normalized spacial score (nSPS) is 17.7. The van der Waals surface area contributed by atoms with Crippen LogP contribution in [-0.2, 0) is 31.9 Å². The number of hydrogen-bond acceptors (Lipinski definition) is 5. The molecule has 0 radical (unpaired) electrons. The molecule has 1 saturated carbocycles. The first kappa shape index (κ1) is 36.3. The Labute approximate surface area is 272 Å². The Morgan fingerprint density at radius 3 is 2.20 bits per heavy atom. The first-order valence-electron chi connectivity index (χ1n) is 17.2. The van der Waals surface area contributed by atoms with E-state index >= 15 is 0 Å². The van der Waals surface area contributed by atoms with E-state index in [0.717, 1.165) is 18.8 Å². The van der Waals surface area contributed by atoms with Crippen molar-refractivity contribution in [3.05, 3.63) is 83.5 Å². The summed E-state index contributed by atoms with van der Waals surface area (Å²) in [4.78, 5) is 24.4. The average molecular weight is 617 g/mol. The van der Waals surface area contributed by atoms with Gasteiger partial charge in [-0.05, 0) is 98.4 Å². The summed E-state index contributed by atoms with van der Waals surface area (Å²) in [6.07, 6.45) is 12.7. The van der Waals surface area contributed by atoms with Crippen LogP contribution < -0.4 is 0 Å². The summed E-state index contributed by atoms with van der Waals surface area (Å²) in [7, 11) is 0. The zero-order chi connectivity index (χ0) is 32.8. The molecule has 2 atom stereocenters. The summed E-state index contributed by atoms with van der Waals surface area (Å²) in [6, 6.07) is 16.0. The van der Waals surface area contributed by atoms with E-state index in [1.807, 2.05) is 0 Å². The smallest absolute Gasteiger partial charge is 0.333 e. The molecule has 45 heavy (non-hydrogen) atoms. The molecule has 2 aromatic carbocycles. The highest BCUT2D eigenvalue weighted by atomic mass is 16.5. The van der Waals surface area contributed by atoms with Crippen LogP contribution in [0.3, 0.4) is 0 Å². The topological polar surface area (TPSA) is 72.8 Å². The quantitative estimate of drug-likeness (QED) is 0.103. The van der Waals surface area contributed by atoms with Gasteiger partial charge in [-0.3, -0.25) is 0 Å². The van der Waals surface area contributed by atoms with Gasteiger partial charge in [-0.2, -0.15) is 0 Å². The van der Waals surface area contributed by atoms with E-state index in [2.05, 4.69) is 69.5 Å². The maximum absolute atomic E-state index is 12.4. The highest BCUT2D eigenvalue weighted by Crippen LogP contribution is 2.38. The number of carbonyl (C=O) groups excluding carboxylic acids is 2. The van der Waals surface area contributed by atoms with Crippen molar-refractivity contribution in [1.82, 2.24) is 0 Å². The molecule has 0 bridgehead atoms. The molecule has 3 rings (SSSR count). The van der Waals surface area contributed by atoms with E-state index in [-0.39, 0.29) is 31.1 Å². The van der Waals surface area contributed by atoms with Gasteiger partial charge >= 0.3 is 11.9 Å². The predicted molar refractivity (Wildman–Crippen MR) is 184 cm³/mol. The van der Waals surface area contributed by atoms with Gasteiger partial charge in [0, 0.05) is 23.5 Å². The van der Waals surface area contributed by atoms with Crippen molar-refractivity contribution in [2.45, 2.75) is 117 Å². The van der Waals surface area contributed by atoms with Gasteiger partial charge in [0.2, 0.25) is 0 Å². The minimum atomic E-state index is -0.670. The van der Waals surface area contributed by atoms with Crippen molar-refractivity contribution in [2.24, 2.45) is 11.8 Å². The summed E-state index contributed by atoms with van der Waals surface area (Å²) in [6.45, 7) is 15.3. The fourth-order valence-electron chi connectivity index (χ4n) is 6.42. The van der Waals surface area contributed by atoms with Gasteiger partial charge < -0.3 is 14.6 Å². The fourth-order valence-corrected chi connectivity index (χ4v) is 6.42. The second-order valence-corrected chi connectivity index (χ2v) is 13.2. The number of ether oxygens (including phenoxy) is 2. The molecule has 5 nitrogen and oxygen atoms in total. The molecule has 2 unspecified atom stereocenters. The van der Waals surface area contributed by atoms with Gasteiger partial charge in [-0.1, -0.05) is 95.2 Å². The Morgan fingerprint density at radius 1 is 0.933 bits per heavy atom. The third-order valence-corrected chi connectivity index (χ3v) is 9.23. The highest BCUT2D eigenvalue weighted by Gasteiger charge is 2.22. The van der Waals surface area contributed by atoms with Gasteiger partial charge in [0.1, 0.15) is 0 Å². The number of esters is 2. The van der Waals surface area contributed by atoms with Crippen LogP contribution in [0.5, 0.6) is 0 Å². The summed E-state index contributed by atoms with van der Waals surface area (Å²) < 4.78 is 10.9. The van der Waals surface area contributed by atoms with E-state index in [9.17, 15) is 14.7 Å². The van der Waals surface area contributed by atoms with Crippen molar-refractivity contribution in [2.75, 3.05) is 13.2 Å². The largest absolute Gasteiger partial charge is 0.462 e. The zero-order valence-electron chi connectivity index (χ0n) is 28.2. The molecule has 0 aromatic heterocycles. The van der Waals surface area contributed by atoms with Crippen LogP contribution in [0.15, 0.2) is 66.8 Å². The molecule has 0 amide bonds. The number of unbranched alkanes of at least 4 members (excludes halogenated alkanes) is 2. The van der Waals surface area contributed by atoms with Crippen LogP contribution in [0.25, 0.3) is 11.1 Å². The molecule has 2 aromatic rings. The molecule has 0 saturated heterocycles. The summed E-state index contributed by atoms with van der Waals surface area (Å²) in [5.74, 6) is 0.442. The Kier molecular flexibility index (Phi) is 15.1. The Morgan fingerprint density at radius 2 is 1.60 bits per heavy atom. The minimum Gasteiger partial charge on any atom is -0.462 e.